The Labute approximate surface area is 97.8 Å². The van der Waals surface area contributed by atoms with Crippen LogP contribution in [0.1, 0.15) is 25.8 Å². The molecule has 0 aromatic heterocycles. The molecule has 0 spiro atoms. The number of nitrogens with one attached hydrogen (secondary N) is 1. The Hall–Kier alpha value is -1.51. The summed E-state index contributed by atoms with van der Waals surface area (Å²) in [5.41, 5.74) is 7.06. The standard InChI is InChI=1S/C13H21N3/c1-3-15-13(14)16-11(2)9-10-12-7-5-4-6-8-12/h4-8,11H,3,9-10H2,1-2H3,(H3,14,15,16). The number of aliphatic imine (C=N–C) groups is 1. The molecule has 16 heavy (non-hydrogen) atoms. The molecule has 0 saturated heterocycles. The Morgan fingerprint density at radius 2 is 2.06 bits per heavy atom. The highest BCUT2D eigenvalue weighted by atomic mass is 15.1. The van der Waals surface area contributed by atoms with E-state index in [9.17, 15) is 0 Å². The van der Waals surface area contributed by atoms with Crippen LogP contribution >= 0.6 is 0 Å². The lowest BCUT2D eigenvalue weighted by Crippen LogP contribution is -2.38. The van der Waals surface area contributed by atoms with Gasteiger partial charge in [0, 0.05) is 12.6 Å². The smallest absolute Gasteiger partial charge is 0.188 e. The van der Waals surface area contributed by atoms with Crippen molar-refractivity contribution in [1.82, 2.24) is 5.32 Å². The fourth-order valence-corrected chi connectivity index (χ4v) is 1.57. The summed E-state index contributed by atoms with van der Waals surface area (Å²) in [5, 5.41) is 3.18. The van der Waals surface area contributed by atoms with Crippen LogP contribution in [0.15, 0.2) is 35.3 Å². The van der Waals surface area contributed by atoms with Gasteiger partial charge in [-0.15, -0.1) is 0 Å². The lowest BCUT2D eigenvalue weighted by Gasteiger charge is -2.14. The molecule has 1 aromatic carbocycles. The zero-order valence-corrected chi connectivity index (χ0v) is 10.1. The van der Waals surface area contributed by atoms with E-state index in [0.717, 1.165) is 19.4 Å². The maximum Gasteiger partial charge on any atom is 0.188 e. The molecule has 1 rings (SSSR count). The zero-order valence-electron chi connectivity index (χ0n) is 10.1. The van der Waals surface area contributed by atoms with E-state index in [2.05, 4.69) is 41.5 Å². The van der Waals surface area contributed by atoms with Crippen LogP contribution in [0.4, 0.5) is 0 Å². The molecule has 1 atom stereocenters. The minimum absolute atomic E-state index is 0.357. The van der Waals surface area contributed by atoms with Crippen molar-refractivity contribution in [2.45, 2.75) is 32.7 Å². The first kappa shape index (κ1) is 12.6. The highest BCUT2D eigenvalue weighted by Crippen LogP contribution is 2.04. The molecule has 1 unspecified atom stereocenters. The predicted molar refractivity (Wildman–Crippen MR) is 69.5 cm³/mol. The zero-order chi connectivity index (χ0) is 11.8. The van der Waals surface area contributed by atoms with Crippen molar-refractivity contribution in [3.63, 3.8) is 0 Å². The molecule has 3 N–H and O–H groups in total. The predicted octanol–water partition coefficient (Wildman–Crippen LogP) is 1.93. The molecule has 88 valence electrons. The van der Waals surface area contributed by atoms with E-state index in [1.165, 1.54) is 5.56 Å². The summed E-state index contributed by atoms with van der Waals surface area (Å²) in [4.78, 5) is 4.10. The number of guanidine groups is 1. The van der Waals surface area contributed by atoms with Crippen molar-refractivity contribution >= 4 is 5.96 Å². The molecule has 0 aliphatic carbocycles. The Morgan fingerprint density at radius 1 is 1.38 bits per heavy atom. The molecule has 1 aromatic rings. The number of hydrogen-bond acceptors (Lipinski definition) is 1. The molecule has 0 fully saturated rings. The average Bonchev–Trinajstić information content (AvgIpc) is 2.28. The van der Waals surface area contributed by atoms with Gasteiger partial charge in [0.25, 0.3) is 0 Å². The number of benzene rings is 1. The summed E-state index contributed by atoms with van der Waals surface area (Å²) in [5.74, 6) is 0.545. The van der Waals surface area contributed by atoms with E-state index in [1.54, 1.807) is 0 Å². The van der Waals surface area contributed by atoms with E-state index in [0.29, 0.717) is 12.0 Å². The van der Waals surface area contributed by atoms with Gasteiger partial charge in [-0.05, 0) is 32.3 Å². The first-order valence-electron chi connectivity index (χ1n) is 5.82. The van der Waals surface area contributed by atoms with E-state index in [-0.39, 0.29) is 0 Å². The quantitative estimate of drug-likeness (QED) is 0.587. The average molecular weight is 219 g/mol. The third-order valence-corrected chi connectivity index (χ3v) is 2.43. The number of rotatable bonds is 5. The van der Waals surface area contributed by atoms with Crippen LogP contribution in [0.3, 0.4) is 0 Å². The molecular formula is C13H21N3. The van der Waals surface area contributed by atoms with E-state index < -0.39 is 0 Å². The molecule has 3 nitrogen and oxygen atoms in total. The number of nitrogens with zero attached hydrogens (tertiary/aromatic N) is 1. The minimum Gasteiger partial charge on any atom is -0.370 e. The van der Waals surface area contributed by atoms with Gasteiger partial charge in [-0.2, -0.15) is 0 Å². The molecule has 0 heterocycles. The van der Waals surface area contributed by atoms with Crippen LogP contribution in [0, 0.1) is 0 Å². The molecule has 0 aliphatic rings. The Balaban J connectivity index is 2.30. The molecule has 0 aliphatic heterocycles. The van der Waals surface area contributed by atoms with Crippen LogP contribution in [-0.4, -0.2) is 18.5 Å². The molecular weight excluding hydrogens is 198 g/mol. The van der Waals surface area contributed by atoms with E-state index in [1.807, 2.05) is 13.0 Å². The summed E-state index contributed by atoms with van der Waals surface area (Å²) in [6.07, 6.45) is 2.12. The first-order chi connectivity index (χ1) is 7.72. The molecule has 3 heteroatoms. The summed E-state index contributed by atoms with van der Waals surface area (Å²) in [7, 11) is 0. The van der Waals surface area contributed by atoms with Gasteiger partial charge >= 0.3 is 0 Å². The third-order valence-electron chi connectivity index (χ3n) is 2.43. The lowest BCUT2D eigenvalue weighted by atomic mass is 10.1. The van der Waals surface area contributed by atoms with Crippen molar-refractivity contribution in [1.29, 1.82) is 0 Å². The van der Waals surface area contributed by atoms with Crippen molar-refractivity contribution in [2.75, 3.05) is 6.54 Å². The second kappa shape index (κ2) is 6.88. The highest BCUT2D eigenvalue weighted by molar-refractivity contribution is 5.78. The fraction of sp³-hybridized carbons (Fsp3) is 0.462. The monoisotopic (exact) mass is 219 g/mol. The topological polar surface area (TPSA) is 50.4 Å². The third kappa shape index (κ3) is 4.82. The Morgan fingerprint density at radius 3 is 2.69 bits per heavy atom. The van der Waals surface area contributed by atoms with Crippen LogP contribution < -0.4 is 11.1 Å². The van der Waals surface area contributed by atoms with Crippen LogP contribution in [0.5, 0.6) is 0 Å². The van der Waals surface area contributed by atoms with Crippen LogP contribution in [0.25, 0.3) is 0 Å². The van der Waals surface area contributed by atoms with Gasteiger partial charge in [-0.1, -0.05) is 30.3 Å². The van der Waals surface area contributed by atoms with Crippen molar-refractivity contribution < 1.29 is 0 Å². The fourth-order valence-electron chi connectivity index (χ4n) is 1.57. The van der Waals surface area contributed by atoms with Gasteiger partial charge in [0.2, 0.25) is 0 Å². The van der Waals surface area contributed by atoms with Crippen LogP contribution in [-0.2, 0) is 6.42 Å². The lowest BCUT2D eigenvalue weighted by molar-refractivity contribution is 0.602. The number of nitrogens with two attached hydrogens (primary N) is 1. The summed E-state index contributed by atoms with van der Waals surface area (Å²) in [6, 6.07) is 10.8. The second-order valence-electron chi connectivity index (χ2n) is 3.93. The van der Waals surface area contributed by atoms with E-state index >= 15 is 0 Å². The van der Waals surface area contributed by atoms with Gasteiger partial charge in [-0.3, -0.25) is 4.99 Å². The maximum atomic E-state index is 5.69. The van der Waals surface area contributed by atoms with Crippen molar-refractivity contribution in [2.24, 2.45) is 10.7 Å². The first-order valence-corrected chi connectivity index (χ1v) is 5.82. The Bertz CT molecular complexity index is 319. The minimum atomic E-state index is 0.357. The summed E-state index contributed by atoms with van der Waals surface area (Å²) >= 11 is 0. The van der Waals surface area contributed by atoms with Gasteiger partial charge in [-0.25, -0.2) is 0 Å². The van der Waals surface area contributed by atoms with E-state index in [4.69, 9.17) is 5.73 Å². The highest BCUT2D eigenvalue weighted by Gasteiger charge is 2.02. The van der Waals surface area contributed by atoms with Crippen molar-refractivity contribution in [3.05, 3.63) is 35.9 Å². The maximum absolute atomic E-state index is 5.69. The van der Waals surface area contributed by atoms with Gasteiger partial charge < -0.3 is 11.1 Å². The Kier molecular flexibility index (Phi) is 5.40. The normalized spacial score (nSPS) is 13.5. The molecule has 0 amide bonds. The van der Waals surface area contributed by atoms with Gasteiger partial charge in [0.15, 0.2) is 5.96 Å². The van der Waals surface area contributed by atoms with Crippen LogP contribution in [0.2, 0.25) is 0 Å². The summed E-state index contributed by atoms with van der Waals surface area (Å²) in [6.45, 7) is 4.83. The molecule has 0 radical (unpaired) electrons. The van der Waals surface area contributed by atoms with Gasteiger partial charge in [0.05, 0.1) is 0 Å². The number of hydrogen-bond donors (Lipinski definition) is 2. The summed E-state index contributed by atoms with van der Waals surface area (Å²) < 4.78 is 0. The van der Waals surface area contributed by atoms with Crippen molar-refractivity contribution in [3.8, 4) is 0 Å². The second-order valence-corrected chi connectivity index (χ2v) is 3.93. The molecule has 0 saturated carbocycles. The SMILES string of the molecule is CCN=C(N)NC(C)CCc1ccccc1. The largest absolute Gasteiger partial charge is 0.370 e. The van der Waals surface area contributed by atoms with Gasteiger partial charge in [0.1, 0.15) is 0 Å². The number of aryl methyl sites for hydroxylation is 1. The molecule has 0 bridgehead atoms.